The first-order valence-electron chi connectivity index (χ1n) is 7.10. The maximum absolute atomic E-state index is 11.9. The molecule has 2 heterocycles. The van der Waals surface area contributed by atoms with Gasteiger partial charge in [0, 0.05) is 31.2 Å². The topological polar surface area (TPSA) is 75.4 Å². The first-order valence-corrected chi connectivity index (χ1v) is 7.10. The Kier molecular flexibility index (Phi) is 3.44. The van der Waals surface area contributed by atoms with Gasteiger partial charge in [0.2, 0.25) is 11.8 Å². The summed E-state index contributed by atoms with van der Waals surface area (Å²) in [6.45, 7) is 1.26. The van der Waals surface area contributed by atoms with Gasteiger partial charge < -0.3 is 16.0 Å². The fraction of sp³-hybridized carbons (Fsp3) is 0.467. The smallest absolute Gasteiger partial charge is 0.227 e. The Labute approximate surface area is 118 Å². The Morgan fingerprint density at radius 1 is 1.25 bits per heavy atom. The standard InChI is InChI=1S/C15H19N3O2/c16-9-11-8-13(15(20)17-11)10-3-5-12(6-4-10)18-7-1-2-14(18)19/h3-6,11,13H,1-2,7-9,16H2,(H,17,20). The molecule has 0 aromatic heterocycles. The van der Waals surface area contributed by atoms with Crippen LogP contribution < -0.4 is 16.0 Å². The van der Waals surface area contributed by atoms with E-state index in [1.165, 1.54) is 0 Å². The molecule has 20 heavy (non-hydrogen) atoms. The quantitative estimate of drug-likeness (QED) is 0.853. The molecule has 5 nitrogen and oxygen atoms in total. The molecular weight excluding hydrogens is 254 g/mol. The predicted molar refractivity (Wildman–Crippen MR) is 76.4 cm³/mol. The van der Waals surface area contributed by atoms with E-state index in [2.05, 4.69) is 5.32 Å². The molecule has 2 fully saturated rings. The van der Waals surface area contributed by atoms with Crippen LogP contribution in [0, 0.1) is 0 Å². The van der Waals surface area contributed by atoms with Gasteiger partial charge in [-0.3, -0.25) is 9.59 Å². The largest absolute Gasteiger partial charge is 0.352 e. The number of carbonyl (C=O) groups excluding carboxylic acids is 2. The highest BCUT2D eigenvalue weighted by Crippen LogP contribution is 2.29. The number of nitrogens with zero attached hydrogens (tertiary/aromatic N) is 1. The number of hydrogen-bond acceptors (Lipinski definition) is 3. The van der Waals surface area contributed by atoms with Gasteiger partial charge in [0.05, 0.1) is 5.92 Å². The lowest BCUT2D eigenvalue weighted by atomic mass is 9.95. The van der Waals surface area contributed by atoms with Crippen molar-refractivity contribution in [2.75, 3.05) is 18.0 Å². The van der Waals surface area contributed by atoms with E-state index >= 15 is 0 Å². The third-order valence-corrected chi connectivity index (χ3v) is 4.15. The van der Waals surface area contributed by atoms with Crippen molar-refractivity contribution < 1.29 is 9.59 Å². The Balaban J connectivity index is 1.76. The van der Waals surface area contributed by atoms with Crippen LogP contribution >= 0.6 is 0 Å². The van der Waals surface area contributed by atoms with E-state index in [0.717, 1.165) is 30.6 Å². The van der Waals surface area contributed by atoms with Gasteiger partial charge in [-0.1, -0.05) is 12.1 Å². The average Bonchev–Trinajstić information content (AvgIpc) is 3.05. The van der Waals surface area contributed by atoms with Crippen LogP contribution in [0.3, 0.4) is 0 Å². The molecule has 106 valence electrons. The minimum Gasteiger partial charge on any atom is -0.352 e. The third kappa shape index (κ3) is 2.29. The number of carbonyl (C=O) groups is 2. The maximum atomic E-state index is 11.9. The van der Waals surface area contributed by atoms with Crippen LogP contribution in [0.5, 0.6) is 0 Å². The number of hydrogen-bond donors (Lipinski definition) is 2. The molecule has 0 bridgehead atoms. The van der Waals surface area contributed by atoms with Gasteiger partial charge in [-0.2, -0.15) is 0 Å². The summed E-state index contributed by atoms with van der Waals surface area (Å²) in [6.07, 6.45) is 2.30. The van der Waals surface area contributed by atoms with Crippen molar-refractivity contribution in [2.45, 2.75) is 31.2 Å². The van der Waals surface area contributed by atoms with Crippen molar-refractivity contribution in [1.29, 1.82) is 0 Å². The molecule has 2 aliphatic heterocycles. The summed E-state index contributed by atoms with van der Waals surface area (Å²) in [5, 5.41) is 2.90. The number of rotatable bonds is 3. The second-order valence-corrected chi connectivity index (χ2v) is 5.47. The van der Waals surface area contributed by atoms with Gasteiger partial charge in [0.25, 0.3) is 0 Å². The highest BCUT2D eigenvalue weighted by molar-refractivity contribution is 5.95. The molecule has 3 rings (SSSR count). The maximum Gasteiger partial charge on any atom is 0.227 e. The fourth-order valence-electron chi connectivity index (χ4n) is 3.00. The predicted octanol–water partition coefficient (Wildman–Crippen LogP) is 0.744. The molecule has 5 heteroatoms. The number of amides is 2. The normalized spacial score (nSPS) is 26.1. The van der Waals surface area contributed by atoms with Crippen LogP contribution in [0.4, 0.5) is 5.69 Å². The van der Waals surface area contributed by atoms with Crippen LogP contribution in [0.1, 0.15) is 30.7 Å². The van der Waals surface area contributed by atoms with Crippen molar-refractivity contribution in [3.63, 3.8) is 0 Å². The first kappa shape index (κ1) is 13.1. The van der Waals surface area contributed by atoms with E-state index in [1.54, 1.807) is 4.90 Å². The summed E-state index contributed by atoms with van der Waals surface area (Å²) in [6, 6.07) is 7.84. The van der Waals surface area contributed by atoms with E-state index in [-0.39, 0.29) is 23.8 Å². The Hall–Kier alpha value is -1.88. The molecule has 1 aromatic rings. The molecule has 0 aliphatic carbocycles. The number of nitrogens with one attached hydrogen (secondary N) is 1. The lowest BCUT2D eigenvalue weighted by Crippen LogP contribution is -2.32. The first-order chi connectivity index (χ1) is 9.69. The number of benzene rings is 1. The minimum atomic E-state index is -0.119. The summed E-state index contributed by atoms with van der Waals surface area (Å²) in [7, 11) is 0. The molecule has 2 aliphatic rings. The van der Waals surface area contributed by atoms with Gasteiger partial charge >= 0.3 is 0 Å². The molecular formula is C15H19N3O2. The Bertz CT molecular complexity index is 526. The average molecular weight is 273 g/mol. The van der Waals surface area contributed by atoms with Crippen molar-refractivity contribution in [3.05, 3.63) is 29.8 Å². The number of anilines is 1. The van der Waals surface area contributed by atoms with Crippen LogP contribution in [-0.4, -0.2) is 30.9 Å². The zero-order valence-corrected chi connectivity index (χ0v) is 11.3. The summed E-state index contributed by atoms with van der Waals surface area (Å²) in [5.74, 6) is 0.108. The van der Waals surface area contributed by atoms with E-state index < -0.39 is 0 Å². The lowest BCUT2D eigenvalue weighted by Gasteiger charge is -2.16. The molecule has 2 saturated heterocycles. The van der Waals surface area contributed by atoms with E-state index in [9.17, 15) is 9.59 Å². The second-order valence-electron chi connectivity index (χ2n) is 5.47. The molecule has 2 atom stereocenters. The van der Waals surface area contributed by atoms with Crippen LogP contribution in [0.2, 0.25) is 0 Å². The van der Waals surface area contributed by atoms with E-state index in [1.807, 2.05) is 24.3 Å². The van der Waals surface area contributed by atoms with E-state index in [4.69, 9.17) is 5.73 Å². The highest BCUT2D eigenvalue weighted by atomic mass is 16.2. The van der Waals surface area contributed by atoms with Crippen molar-refractivity contribution in [3.8, 4) is 0 Å². The van der Waals surface area contributed by atoms with Gasteiger partial charge in [-0.25, -0.2) is 0 Å². The summed E-state index contributed by atoms with van der Waals surface area (Å²) in [5.41, 5.74) is 7.52. The molecule has 1 aromatic carbocycles. The fourth-order valence-corrected chi connectivity index (χ4v) is 3.00. The van der Waals surface area contributed by atoms with Gasteiger partial charge in [-0.15, -0.1) is 0 Å². The van der Waals surface area contributed by atoms with Crippen molar-refractivity contribution in [2.24, 2.45) is 5.73 Å². The second kappa shape index (κ2) is 5.25. The highest BCUT2D eigenvalue weighted by Gasteiger charge is 2.32. The molecule has 0 radical (unpaired) electrons. The van der Waals surface area contributed by atoms with Crippen LogP contribution in [0.15, 0.2) is 24.3 Å². The SMILES string of the molecule is NCC1CC(c2ccc(N3CCCC3=O)cc2)C(=O)N1. The Morgan fingerprint density at radius 3 is 2.55 bits per heavy atom. The molecule has 2 unspecified atom stereocenters. The van der Waals surface area contributed by atoms with Gasteiger partial charge in [0.1, 0.15) is 0 Å². The summed E-state index contributed by atoms with van der Waals surface area (Å²) >= 11 is 0. The number of nitrogens with two attached hydrogens (primary N) is 1. The molecule has 0 spiro atoms. The lowest BCUT2D eigenvalue weighted by molar-refractivity contribution is -0.120. The third-order valence-electron chi connectivity index (χ3n) is 4.15. The summed E-state index contributed by atoms with van der Waals surface area (Å²) in [4.78, 5) is 25.4. The zero-order chi connectivity index (χ0) is 14.1. The van der Waals surface area contributed by atoms with Crippen LogP contribution in [0.25, 0.3) is 0 Å². The molecule has 0 saturated carbocycles. The molecule has 3 N–H and O–H groups in total. The molecule has 2 amide bonds. The van der Waals surface area contributed by atoms with Crippen molar-refractivity contribution >= 4 is 17.5 Å². The monoisotopic (exact) mass is 273 g/mol. The van der Waals surface area contributed by atoms with Gasteiger partial charge in [0.15, 0.2) is 0 Å². The van der Waals surface area contributed by atoms with E-state index in [0.29, 0.717) is 13.0 Å². The van der Waals surface area contributed by atoms with Crippen LogP contribution in [-0.2, 0) is 9.59 Å². The minimum absolute atomic E-state index is 0.0467. The Morgan fingerprint density at radius 2 is 2.00 bits per heavy atom. The summed E-state index contributed by atoms with van der Waals surface area (Å²) < 4.78 is 0. The van der Waals surface area contributed by atoms with Crippen molar-refractivity contribution in [1.82, 2.24) is 5.32 Å². The zero-order valence-electron chi connectivity index (χ0n) is 11.3. The van der Waals surface area contributed by atoms with Gasteiger partial charge in [-0.05, 0) is 30.5 Å².